The first-order valence-electron chi connectivity index (χ1n) is 10.2. The fourth-order valence-corrected chi connectivity index (χ4v) is 4.78. The quantitative estimate of drug-likeness (QED) is 0.464. The number of amides is 1. The van der Waals surface area contributed by atoms with E-state index in [1.807, 2.05) is 0 Å². The molecule has 1 aromatic heterocycles. The van der Waals surface area contributed by atoms with Crippen LogP contribution < -0.4 is 11.1 Å². The maximum atomic E-state index is 12.9. The molecule has 1 saturated heterocycles. The van der Waals surface area contributed by atoms with E-state index in [0.29, 0.717) is 43.9 Å². The van der Waals surface area contributed by atoms with Crippen molar-refractivity contribution in [3.05, 3.63) is 53.2 Å². The van der Waals surface area contributed by atoms with E-state index in [0.717, 1.165) is 18.3 Å². The van der Waals surface area contributed by atoms with Gasteiger partial charge in [0, 0.05) is 64.4 Å². The number of nitrogen functional groups attached to an aromatic ring is 1. The molecule has 1 aromatic carbocycles. The lowest BCUT2D eigenvalue weighted by molar-refractivity contribution is 0.0950. The summed E-state index contributed by atoms with van der Waals surface area (Å²) in [6.45, 7) is 3.87. The predicted molar refractivity (Wildman–Crippen MR) is 121 cm³/mol. The Kier molecular flexibility index (Phi) is 7.91. The summed E-state index contributed by atoms with van der Waals surface area (Å²) >= 11 is 0. The number of anilines is 1. The Morgan fingerprint density at radius 2 is 1.94 bits per heavy atom. The Morgan fingerprint density at radius 1 is 1.25 bits per heavy atom. The summed E-state index contributed by atoms with van der Waals surface area (Å²) in [7, 11) is -1.91. The molecule has 2 aromatic rings. The minimum Gasteiger partial charge on any atom is -0.383 e. The summed E-state index contributed by atoms with van der Waals surface area (Å²) in [5, 5.41) is 10.1. The number of sulfonamides is 1. The van der Waals surface area contributed by atoms with Crippen LogP contribution in [0.15, 0.2) is 41.4 Å². The van der Waals surface area contributed by atoms with Gasteiger partial charge >= 0.3 is 0 Å². The van der Waals surface area contributed by atoms with Gasteiger partial charge < -0.3 is 21.2 Å². The van der Waals surface area contributed by atoms with Gasteiger partial charge in [0.1, 0.15) is 5.82 Å². The lowest BCUT2D eigenvalue weighted by Crippen LogP contribution is -2.49. The molecule has 0 unspecified atom stereocenters. The van der Waals surface area contributed by atoms with Crippen molar-refractivity contribution >= 4 is 28.0 Å². The van der Waals surface area contributed by atoms with E-state index in [9.17, 15) is 13.2 Å². The SMILES string of the molecule is COCCN1CCN(S(=O)(=O)c2ccc(CNC(=O)c3cnc(N)c(C=N)c3)cc2)CC1. The molecule has 10 nitrogen and oxygen atoms in total. The van der Waals surface area contributed by atoms with E-state index >= 15 is 0 Å². The van der Waals surface area contributed by atoms with Crippen LogP contribution in [0.1, 0.15) is 21.5 Å². The predicted octanol–water partition coefficient (Wildman–Crippen LogP) is 0.544. The van der Waals surface area contributed by atoms with Gasteiger partial charge in [0.2, 0.25) is 10.0 Å². The molecule has 0 radical (unpaired) electrons. The number of pyridine rings is 1. The molecule has 1 aliphatic heterocycles. The van der Waals surface area contributed by atoms with Crippen LogP contribution in [0.25, 0.3) is 0 Å². The summed E-state index contributed by atoms with van der Waals surface area (Å²) in [4.78, 5) is 18.7. The highest BCUT2D eigenvalue weighted by molar-refractivity contribution is 7.89. The second-order valence-corrected chi connectivity index (χ2v) is 9.35. The van der Waals surface area contributed by atoms with Crippen LogP contribution in [0, 0.1) is 5.41 Å². The summed E-state index contributed by atoms with van der Waals surface area (Å²) in [6.07, 6.45) is 2.39. The lowest BCUT2D eigenvalue weighted by atomic mass is 10.1. The normalized spacial score (nSPS) is 15.4. The highest BCUT2D eigenvalue weighted by Gasteiger charge is 2.28. The zero-order valence-corrected chi connectivity index (χ0v) is 18.8. The largest absolute Gasteiger partial charge is 0.383 e. The third-order valence-electron chi connectivity index (χ3n) is 5.32. The Morgan fingerprint density at radius 3 is 2.56 bits per heavy atom. The number of rotatable bonds is 9. The number of piperazine rings is 1. The van der Waals surface area contributed by atoms with Crippen LogP contribution in [-0.4, -0.2) is 81.2 Å². The number of ether oxygens (including phenoxy) is 1. The average molecular weight is 461 g/mol. The minimum absolute atomic E-state index is 0.185. The topological polar surface area (TPSA) is 142 Å². The molecule has 4 N–H and O–H groups in total. The number of benzene rings is 1. The smallest absolute Gasteiger partial charge is 0.253 e. The van der Waals surface area contributed by atoms with E-state index in [1.54, 1.807) is 31.4 Å². The molecule has 3 rings (SSSR count). The minimum atomic E-state index is -3.56. The summed E-state index contributed by atoms with van der Waals surface area (Å²) in [5.41, 5.74) is 7.06. The van der Waals surface area contributed by atoms with Gasteiger partial charge in [0.05, 0.1) is 17.1 Å². The Hall–Kier alpha value is -2.86. The number of nitrogens with zero attached hydrogens (tertiary/aromatic N) is 3. The third-order valence-corrected chi connectivity index (χ3v) is 7.24. The van der Waals surface area contributed by atoms with Gasteiger partial charge in [-0.15, -0.1) is 0 Å². The first-order valence-corrected chi connectivity index (χ1v) is 11.6. The summed E-state index contributed by atoms with van der Waals surface area (Å²) < 4.78 is 32.5. The molecule has 0 aliphatic carbocycles. The maximum Gasteiger partial charge on any atom is 0.253 e. The number of nitrogens with two attached hydrogens (primary N) is 1. The van der Waals surface area contributed by atoms with E-state index in [-0.39, 0.29) is 23.2 Å². The zero-order valence-electron chi connectivity index (χ0n) is 18.0. The molecule has 172 valence electrons. The third kappa shape index (κ3) is 5.68. The van der Waals surface area contributed by atoms with Crippen LogP contribution in [0.5, 0.6) is 0 Å². The number of nitrogens with one attached hydrogen (secondary N) is 2. The van der Waals surface area contributed by atoms with Gasteiger partial charge in [-0.1, -0.05) is 12.1 Å². The lowest BCUT2D eigenvalue weighted by Gasteiger charge is -2.33. The molecule has 2 heterocycles. The van der Waals surface area contributed by atoms with Crippen LogP contribution in [0.4, 0.5) is 5.82 Å². The van der Waals surface area contributed by atoms with Crippen molar-refractivity contribution in [1.29, 1.82) is 5.41 Å². The van der Waals surface area contributed by atoms with E-state index < -0.39 is 10.0 Å². The standard InChI is InChI=1S/C21H28N6O4S/c1-31-11-10-26-6-8-27(9-7-26)32(29,30)19-4-2-16(3-5-19)14-25-21(28)18-12-17(13-22)20(23)24-15-18/h2-5,12-13,15,22H,6-11,14H2,1H3,(H2,23,24)(H,25,28). The zero-order chi connectivity index (χ0) is 23.1. The maximum absolute atomic E-state index is 12.9. The van der Waals surface area contributed by atoms with Gasteiger partial charge in [0.25, 0.3) is 5.91 Å². The molecule has 0 atom stereocenters. The van der Waals surface area contributed by atoms with Crippen molar-refractivity contribution in [1.82, 2.24) is 19.5 Å². The Bertz CT molecular complexity index is 1050. The highest BCUT2D eigenvalue weighted by Crippen LogP contribution is 2.18. The first-order chi connectivity index (χ1) is 15.3. The Labute approximate surface area is 187 Å². The average Bonchev–Trinajstić information content (AvgIpc) is 2.82. The van der Waals surface area contributed by atoms with Crippen LogP contribution in [-0.2, 0) is 21.3 Å². The molecule has 0 saturated carbocycles. The summed E-state index contributed by atoms with van der Waals surface area (Å²) in [5.74, 6) is -0.173. The van der Waals surface area contributed by atoms with Crippen LogP contribution >= 0.6 is 0 Å². The van der Waals surface area contributed by atoms with Crippen LogP contribution in [0.2, 0.25) is 0 Å². The molecular formula is C21H28N6O4S. The van der Waals surface area contributed by atoms with Gasteiger partial charge in [-0.3, -0.25) is 9.69 Å². The fourth-order valence-electron chi connectivity index (χ4n) is 3.36. The molecule has 1 amide bonds. The van der Waals surface area contributed by atoms with E-state index in [2.05, 4.69) is 15.2 Å². The van der Waals surface area contributed by atoms with Gasteiger partial charge in [0.15, 0.2) is 0 Å². The Balaban J connectivity index is 1.57. The van der Waals surface area contributed by atoms with Gasteiger partial charge in [-0.2, -0.15) is 4.31 Å². The van der Waals surface area contributed by atoms with Crippen molar-refractivity contribution in [2.24, 2.45) is 0 Å². The van der Waals surface area contributed by atoms with E-state index in [4.69, 9.17) is 15.9 Å². The van der Waals surface area contributed by atoms with Crippen molar-refractivity contribution < 1.29 is 17.9 Å². The van der Waals surface area contributed by atoms with E-state index in [1.165, 1.54) is 16.6 Å². The van der Waals surface area contributed by atoms with Crippen molar-refractivity contribution in [2.75, 3.05) is 52.2 Å². The molecular weight excluding hydrogens is 432 g/mol. The molecule has 0 bridgehead atoms. The number of methoxy groups -OCH3 is 1. The van der Waals surface area contributed by atoms with Crippen LogP contribution in [0.3, 0.4) is 0 Å². The van der Waals surface area contributed by atoms with Crippen molar-refractivity contribution in [3.63, 3.8) is 0 Å². The number of hydrogen-bond acceptors (Lipinski definition) is 8. The molecule has 1 fully saturated rings. The van der Waals surface area contributed by atoms with Gasteiger partial charge in [-0.05, 0) is 23.8 Å². The highest BCUT2D eigenvalue weighted by atomic mass is 32.2. The number of aromatic nitrogens is 1. The molecule has 32 heavy (non-hydrogen) atoms. The summed E-state index contributed by atoms with van der Waals surface area (Å²) in [6, 6.07) is 7.99. The second-order valence-electron chi connectivity index (χ2n) is 7.41. The van der Waals surface area contributed by atoms with Crippen molar-refractivity contribution in [3.8, 4) is 0 Å². The molecule has 11 heteroatoms. The second kappa shape index (κ2) is 10.6. The molecule has 0 spiro atoms. The van der Waals surface area contributed by atoms with Gasteiger partial charge in [-0.25, -0.2) is 13.4 Å². The first kappa shape index (κ1) is 23.8. The number of hydrogen-bond donors (Lipinski definition) is 3. The fraction of sp³-hybridized carbons (Fsp3) is 0.381. The molecule has 1 aliphatic rings. The monoisotopic (exact) mass is 460 g/mol. The number of carbonyl (C=O) groups excluding carboxylic acids is 1. The van der Waals surface area contributed by atoms with Crippen molar-refractivity contribution in [2.45, 2.75) is 11.4 Å². The number of carbonyl (C=O) groups is 1.